The van der Waals surface area contributed by atoms with Crippen LogP contribution in [0.1, 0.15) is 56.6 Å². The molecule has 0 spiro atoms. The minimum absolute atomic E-state index is 0.0779. The predicted octanol–water partition coefficient (Wildman–Crippen LogP) is 6.94. The second-order valence-corrected chi connectivity index (χ2v) is 6.22. The van der Waals surface area contributed by atoms with E-state index in [1.165, 1.54) is 5.38 Å². The van der Waals surface area contributed by atoms with E-state index in [0.29, 0.717) is 23.1 Å². The maximum Gasteiger partial charge on any atom is 0.460 e. The minimum Gasteiger partial charge on any atom is -0.194 e. The van der Waals surface area contributed by atoms with Crippen LogP contribution in [0.3, 0.4) is 0 Å². The molecule has 0 saturated carbocycles. The molecular formula is C15H19F7S. The monoisotopic (exact) mass is 364 g/mol. The van der Waals surface area contributed by atoms with Crippen molar-refractivity contribution in [1.29, 1.82) is 0 Å². The quantitative estimate of drug-likeness (QED) is 0.329. The maximum absolute atomic E-state index is 13.7. The highest BCUT2D eigenvalue weighted by Gasteiger charge is 2.73. The second kappa shape index (κ2) is 7.85. The zero-order chi connectivity index (χ0) is 17.7. The van der Waals surface area contributed by atoms with E-state index in [4.69, 9.17) is 0 Å². The van der Waals surface area contributed by atoms with E-state index in [2.05, 4.69) is 0 Å². The normalized spacial score (nSPS) is 13.6. The summed E-state index contributed by atoms with van der Waals surface area (Å²) in [4.78, 5) is 0. The summed E-state index contributed by atoms with van der Waals surface area (Å²) in [5.74, 6) is -11.3. The molecule has 0 aliphatic rings. The molecule has 0 unspecified atom stereocenters. The Hall–Kier alpha value is -0.790. The summed E-state index contributed by atoms with van der Waals surface area (Å²) in [6.45, 7) is 2.04. The fourth-order valence-electron chi connectivity index (χ4n) is 2.24. The molecule has 0 aromatic carbocycles. The Morgan fingerprint density at radius 1 is 0.826 bits per heavy atom. The van der Waals surface area contributed by atoms with Gasteiger partial charge >= 0.3 is 18.0 Å². The fourth-order valence-corrected chi connectivity index (χ4v) is 3.15. The summed E-state index contributed by atoms with van der Waals surface area (Å²) in [7, 11) is 0. The van der Waals surface area contributed by atoms with Gasteiger partial charge in [0.25, 0.3) is 0 Å². The zero-order valence-corrected chi connectivity index (χ0v) is 13.5. The third-order valence-electron chi connectivity index (χ3n) is 3.63. The molecule has 1 heterocycles. The van der Waals surface area contributed by atoms with Crippen molar-refractivity contribution in [2.75, 3.05) is 0 Å². The van der Waals surface area contributed by atoms with Gasteiger partial charge in [-0.1, -0.05) is 39.0 Å². The number of aryl methyl sites for hydroxylation is 1. The molecule has 8 heteroatoms. The van der Waals surface area contributed by atoms with Crippen molar-refractivity contribution < 1.29 is 30.7 Å². The van der Waals surface area contributed by atoms with Gasteiger partial charge in [-0.05, 0) is 23.8 Å². The lowest BCUT2D eigenvalue weighted by atomic mass is 9.97. The van der Waals surface area contributed by atoms with Crippen molar-refractivity contribution in [3.05, 3.63) is 21.9 Å². The summed E-state index contributed by atoms with van der Waals surface area (Å²) in [5.41, 5.74) is -1.34. The number of hydrogen-bond donors (Lipinski definition) is 0. The maximum atomic E-state index is 13.7. The molecule has 23 heavy (non-hydrogen) atoms. The largest absolute Gasteiger partial charge is 0.460 e. The molecule has 1 aromatic rings. The fraction of sp³-hybridized carbons (Fsp3) is 0.733. The van der Waals surface area contributed by atoms with Crippen LogP contribution in [0.2, 0.25) is 0 Å². The Morgan fingerprint density at radius 3 is 1.96 bits per heavy atom. The molecule has 0 nitrogen and oxygen atoms in total. The van der Waals surface area contributed by atoms with Crippen molar-refractivity contribution in [1.82, 2.24) is 0 Å². The molecule has 0 amide bonds. The van der Waals surface area contributed by atoms with E-state index in [1.54, 1.807) is 0 Å². The van der Waals surface area contributed by atoms with Crippen LogP contribution in [0.15, 0.2) is 10.8 Å². The van der Waals surface area contributed by atoms with E-state index >= 15 is 0 Å². The van der Waals surface area contributed by atoms with Crippen LogP contribution < -0.4 is 0 Å². The lowest BCUT2D eigenvalue weighted by Crippen LogP contribution is -2.50. The van der Waals surface area contributed by atoms with E-state index in [-0.39, 0.29) is 12.0 Å². The van der Waals surface area contributed by atoms with Crippen molar-refractivity contribution in [2.24, 2.45) is 0 Å². The minimum atomic E-state index is -6.30. The Balaban J connectivity index is 2.77. The van der Waals surface area contributed by atoms with Gasteiger partial charge in [-0.2, -0.15) is 42.1 Å². The first kappa shape index (κ1) is 20.3. The van der Waals surface area contributed by atoms with Crippen LogP contribution in [-0.4, -0.2) is 12.1 Å². The number of halogens is 7. The topological polar surface area (TPSA) is 0 Å². The van der Waals surface area contributed by atoms with Gasteiger partial charge < -0.3 is 0 Å². The predicted molar refractivity (Wildman–Crippen MR) is 76.3 cm³/mol. The molecule has 1 rings (SSSR count). The van der Waals surface area contributed by atoms with E-state index in [9.17, 15) is 30.7 Å². The van der Waals surface area contributed by atoms with Crippen molar-refractivity contribution in [3.8, 4) is 0 Å². The molecular weight excluding hydrogens is 345 g/mol. The summed E-state index contributed by atoms with van der Waals surface area (Å²) < 4.78 is 90.4. The van der Waals surface area contributed by atoms with Gasteiger partial charge in [-0.25, -0.2) is 0 Å². The third-order valence-corrected chi connectivity index (χ3v) is 4.42. The van der Waals surface area contributed by atoms with Crippen LogP contribution >= 0.6 is 11.3 Å². The highest BCUT2D eigenvalue weighted by molar-refractivity contribution is 7.08. The van der Waals surface area contributed by atoms with E-state index < -0.39 is 23.6 Å². The van der Waals surface area contributed by atoms with Crippen molar-refractivity contribution in [3.63, 3.8) is 0 Å². The van der Waals surface area contributed by atoms with Gasteiger partial charge in [-0.3, -0.25) is 0 Å². The SMILES string of the molecule is CCCCCCCCc1cscc1C(F)(F)C(F)(F)C(F)(F)F. The van der Waals surface area contributed by atoms with Gasteiger partial charge in [0.05, 0.1) is 0 Å². The number of unbranched alkanes of at least 4 members (excludes halogenated alkanes) is 5. The highest BCUT2D eigenvalue weighted by atomic mass is 32.1. The molecule has 0 aliphatic heterocycles. The first-order chi connectivity index (χ1) is 10.6. The van der Waals surface area contributed by atoms with Gasteiger partial charge in [0.2, 0.25) is 0 Å². The molecule has 0 saturated heterocycles. The first-order valence-corrected chi connectivity index (χ1v) is 8.38. The molecule has 0 bridgehead atoms. The lowest BCUT2D eigenvalue weighted by molar-refractivity contribution is -0.359. The molecule has 0 fully saturated rings. The second-order valence-electron chi connectivity index (χ2n) is 5.48. The first-order valence-electron chi connectivity index (χ1n) is 7.43. The van der Waals surface area contributed by atoms with Crippen molar-refractivity contribution >= 4 is 11.3 Å². The smallest absolute Gasteiger partial charge is 0.194 e. The lowest BCUT2D eigenvalue weighted by Gasteiger charge is -2.28. The van der Waals surface area contributed by atoms with Gasteiger partial charge in [-0.15, -0.1) is 0 Å². The molecule has 134 valence electrons. The van der Waals surface area contributed by atoms with Crippen LogP contribution in [0.25, 0.3) is 0 Å². The van der Waals surface area contributed by atoms with Crippen LogP contribution in [0.4, 0.5) is 30.7 Å². The van der Waals surface area contributed by atoms with Gasteiger partial charge in [0, 0.05) is 10.9 Å². The summed E-state index contributed by atoms with van der Waals surface area (Å²) >= 11 is 0.711. The Bertz CT molecular complexity index is 476. The number of rotatable bonds is 9. The Kier molecular flexibility index (Phi) is 6.92. The van der Waals surface area contributed by atoms with Crippen LogP contribution in [0, 0.1) is 0 Å². The van der Waals surface area contributed by atoms with Crippen molar-refractivity contribution in [2.45, 2.75) is 69.9 Å². The summed E-state index contributed by atoms with van der Waals surface area (Å²) in [6.07, 6.45) is -1.01. The molecule has 0 radical (unpaired) electrons. The molecule has 0 atom stereocenters. The van der Waals surface area contributed by atoms with Crippen LogP contribution in [-0.2, 0) is 12.3 Å². The third kappa shape index (κ3) is 4.61. The average Bonchev–Trinajstić information content (AvgIpc) is 2.90. The molecule has 0 N–H and O–H groups in total. The molecule has 0 aliphatic carbocycles. The van der Waals surface area contributed by atoms with Gasteiger partial charge in [0.15, 0.2) is 0 Å². The number of alkyl halides is 7. The Labute approximate surface area is 134 Å². The van der Waals surface area contributed by atoms with Gasteiger partial charge in [0.1, 0.15) is 0 Å². The highest BCUT2D eigenvalue weighted by Crippen LogP contribution is 2.53. The zero-order valence-electron chi connectivity index (χ0n) is 12.7. The van der Waals surface area contributed by atoms with Crippen LogP contribution in [0.5, 0.6) is 0 Å². The molecule has 1 aromatic heterocycles. The van der Waals surface area contributed by atoms with E-state index in [0.717, 1.165) is 32.1 Å². The number of thiophene rings is 1. The Morgan fingerprint density at radius 2 is 1.39 bits per heavy atom. The van der Waals surface area contributed by atoms with E-state index in [1.807, 2.05) is 6.92 Å². The average molecular weight is 364 g/mol. The summed E-state index contributed by atoms with van der Waals surface area (Å²) in [6, 6.07) is 0. The number of hydrogen-bond acceptors (Lipinski definition) is 1. The standard InChI is InChI=1S/C15H19F7S/c1-2-3-4-5-6-7-8-11-9-23-10-12(11)13(16,17)14(18,19)15(20,21)22/h9-10H,2-8H2,1H3. The summed E-state index contributed by atoms with van der Waals surface area (Å²) in [5, 5.41) is 1.91.